The van der Waals surface area contributed by atoms with Crippen molar-refractivity contribution in [2.75, 3.05) is 33.0 Å². The van der Waals surface area contributed by atoms with E-state index >= 15 is 0 Å². The first-order chi connectivity index (χ1) is 7.33. The highest BCUT2D eigenvalue weighted by molar-refractivity contribution is 6.27. The molecule has 1 fully saturated rings. The number of ether oxygens (including phenoxy) is 1. The molecule has 94 valence electrons. The number of hydrogen-bond donors (Lipinski definition) is 2. The van der Waals surface area contributed by atoms with Gasteiger partial charge in [0.25, 0.3) is 0 Å². The summed E-state index contributed by atoms with van der Waals surface area (Å²) in [6, 6.07) is 1.42. The van der Waals surface area contributed by atoms with Crippen molar-refractivity contribution in [3.8, 4) is 0 Å². The summed E-state index contributed by atoms with van der Waals surface area (Å²) in [6.07, 6.45) is 2.75. The zero-order valence-corrected chi connectivity index (χ0v) is 11.5. The molecule has 4 nitrogen and oxygen atoms in total. The van der Waals surface area contributed by atoms with Crippen LogP contribution in [0, 0.1) is 0 Å². The fourth-order valence-corrected chi connectivity index (χ4v) is 2.06. The van der Waals surface area contributed by atoms with E-state index in [4.69, 9.17) is 19.4 Å². The van der Waals surface area contributed by atoms with Crippen LogP contribution in [0.25, 0.3) is 0 Å². The molecule has 0 amide bonds. The second kappa shape index (κ2) is 19.6. The van der Waals surface area contributed by atoms with E-state index in [0.29, 0.717) is 0 Å². The maximum Gasteiger partial charge on any atom is 0.161 e. The van der Waals surface area contributed by atoms with Crippen LogP contribution in [0.15, 0.2) is 0 Å². The van der Waals surface area contributed by atoms with E-state index in [1.807, 2.05) is 13.8 Å². The predicted octanol–water partition coefficient (Wildman–Crippen LogP) is 0.313. The maximum absolute atomic E-state index is 7.62. The molecule has 1 rings (SSSR count). The summed E-state index contributed by atoms with van der Waals surface area (Å²) in [6.45, 7) is 6.48. The molecular weight excluding hydrogens is 212 g/mol. The molecule has 0 atom stereocenters. The molecule has 1 aliphatic rings. The molecule has 0 aromatic rings. The van der Waals surface area contributed by atoms with Crippen molar-refractivity contribution in [3.63, 3.8) is 0 Å². The zero-order valence-electron chi connectivity index (χ0n) is 10.1. The number of rotatable bonds is 3. The Hall–Kier alpha value is 0.0569. The van der Waals surface area contributed by atoms with Gasteiger partial charge in [-0.2, -0.15) is 0 Å². The van der Waals surface area contributed by atoms with Gasteiger partial charge in [0.05, 0.1) is 13.2 Å². The molecule has 0 spiro atoms. The van der Waals surface area contributed by atoms with E-state index in [1.165, 1.54) is 18.9 Å². The molecule has 1 heterocycles. The summed E-state index contributed by atoms with van der Waals surface area (Å²) in [7, 11) is 0.00849. The van der Waals surface area contributed by atoms with Gasteiger partial charge in [-0.05, 0) is 26.3 Å². The molecular formula is C10H26O4Si. The van der Waals surface area contributed by atoms with Crippen LogP contribution in [0.3, 0.4) is 0 Å². The minimum absolute atomic E-state index is 0.00849. The number of hydrogen-bond acceptors (Lipinski definition) is 4. The van der Waals surface area contributed by atoms with Crippen molar-refractivity contribution < 1.29 is 19.4 Å². The normalized spacial score (nSPS) is 16.0. The lowest BCUT2D eigenvalue weighted by Crippen LogP contribution is -2.06. The average Bonchev–Trinajstić information content (AvgIpc) is 2.33. The minimum atomic E-state index is -0.125. The molecule has 0 saturated carbocycles. The summed E-state index contributed by atoms with van der Waals surface area (Å²) in [5.41, 5.74) is 0. The number of aliphatic hydroxyl groups is 2. The van der Waals surface area contributed by atoms with Crippen molar-refractivity contribution >= 4 is 9.76 Å². The molecule has 0 radical (unpaired) electrons. The van der Waals surface area contributed by atoms with Gasteiger partial charge in [-0.15, -0.1) is 0 Å². The summed E-state index contributed by atoms with van der Waals surface area (Å²) in [5.74, 6) is 0. The first-order valence-corrected chi connectivity index (χ1v) is 7.28. The van der Waals surface area contributed by atoms with Crippen LogP contribution in [0.5, 0.6) is 0 Å². The van der Waals surface area contributed by atoms with Crippen LogP contribution in [0.4, 0.5) is 0 Å². The van der Waals surface area contributed by atoms with Gasteiger partial charge < -0.3 is 19.4 Å². The molecule has 0 aliphatic carbocycles. The molecule has 0 unspecified atom stereocenters. The summed E-state index contributed by atoms with van der Waals surface area (Å²) in [4.78, 5) is 0. The van der Waals surface area contributed by atoms with E-state index in [9.17, 15) is 0 Å². The first kappa shape index (κ1) is 17.5. The molecule has 1 aliphatic heterocycles. The lowest BCUT2D eigenvalue weighted by molar-refractivity contribution is 0.162. The summed E-state index contributed by atoms with van der Waals surface area (Å²) in [5, 5.41) is 15.2. The van der Waals surface area contributed by atoms with Gasteiger partial charge in [0, 0.05) is 19.8 Å². The Balaban J connectivity index is 0. The van der Waals surface area contributed by atoms with Crippen LogP contribution in [-0.2, 0) is 9.16 Å². The molecule has 15 heavy (non-hydrogen) atoms. The summed E-state index contributed by atoms with van der Waals surface area (Å²) >= 11 is 0. The van der Waals surface area contributed by atoms with Crippen molar-refractivity contribution in [1.82, 2.24) is 0 Å². The molecule has 0 bridgehead atoms. The largest absolute Gasteiger partial charge is 0.424 e. The van der Waals surface area contributed by atoms with Crippen LogP contribution in [0.2, 0.25) is 6.04 Å². The maximum atomic E-state index is 7.62. The summed E-state index contributed by atoms with van der Waals surface area (Å²) < 4.78 is 10.0. The van der Waals surface area contributed by atoms with Gasteiger partial charge in [-0.1, -0.05) is 6.42 Å². The van der Waals surface area contributed by atoms with Gasteiger partial charge in [-0.25, -0.2) is 0 Å². The zero-order chi connectivity index (χ0) is 11.8. The van der Waals surface area contributed by atoms with Crippen molar-refractivity contribution in [1.29, 1.82) is 0 Å². The lowest BCUT2D eigenvalue weighted by atomic mass is 10.4. The highest BCUT2D eigenvalue weighted by Gasteiger charge is 1.96. The quantitative estimate of drug-likeness (QED) is 0.695. The highest BCUT2D eigenvalue weighted by atomic mass is 28.2. The Morgan fingerprint density at radius 3 is 1.80 bits per heavy atom. The van der Waals surface area contributed by atoms with E-state index in [0.717, 1.165) is 19.8 Å². The van der Waals surface area contributed by atoms with E-state index < -0.39 is 0 Å². The second-order valence-corrected chi connectivity index (χ2v) is 4.43. The van der Waals surface area contributed by atoms with Gasteiger partial charge in [0.2, 0.25) is 0 Å². The van der Waals surface area contributed by atoms with Crippen LogP contribution < -0.4 is 0 Å². The van der Waals surface area contributed by atoms with Gasteiger partial charge in [-0.3, -0.25) is 0 Å². The van der Waals surface area contributed by atoms with Gasteiger partial charge in [0.1, 0.15) is 0 Å². The van der Waals surface area contributed by atoms with Crippen molar-refractivity contribution in [2.45, 2.75) is 32.7 Å². The Bertz CT molecular complexity index is 74.0. The fraction of sp³-hybridized carbons (Fsp3) is 1.00. The third-order valence-electron chi connectivity index (χ3n) is 1.59. The molecule has 2 N–H and O–H groups in total. The number of aliphatic hydroxyl groups excluding tert-OH is 2. The monoisotopic (exact) mass is 238 g/mol. The average molecular weight is 238 g/mol. The Morgan fingerprint density at radius 2 is 1.73 bits per heavy atom. The Labute approximate surface area is 95.5 Å². The molecule has 0 aromatic heterocycles. The van der Waals surface area contributed by atoms with Crippen LogP contribution >= 0.6 is 0 Å². The van der Waals surface area contributed by atoms with Gasteiger partial charge in [0.15, 0.2) is 9.76 Å². The topological polar surface area (TPSA) is 58.9 Å². The highest BCUT2D eigenvalue weighted by Crippen LogP contribution is 2.01. The first-order valence-electron chi connectivity index (χ1n) is 5.70. The third kappa shape index (κ3) is 24.9. The van der Waals surface area contributed by atoms with Gasteiger partial charge >= 0.3 is 0 Å². The fourth-order valence-electron chi connectivity index (χ4n) is 0.891. The van der Waals surface area contributed by atoms with E-state index in [2.05, 4.69) is 0 Å². The minimum Gasteiger partial charge on any atom is -0.424 e. The SMILES string of the molecule is C1CC[SiH2]OC1.CCOCC.OCCO. The second-order valence-electron chi connectivity index (χ2n) is 2.90. The van der Waals surface area contributed by atoms with Crippen molar-refractivity contribution in [2.24, 2.45) is 0 Å². The van der Waals surface area contributed by atoms with E-state index in [1.54, 1.807) is 0 Å². The standard InChI is InChI=1S/C4H10OSi.C4H10O.C2H6O2/c1-2-4-6-5-3-1;1-3-5-4-2;3-1-2-4/h1-4,6H2;3-4H2,1-2H3;3-4H,1-2H2. The Kier molecular flexibility index (Phi) is 22.8. The van der Waals surface area contributed by atoms with Crippen LogP contribution in [0.1, 0.15) is 26.7 Å². The molecule has 1 saturated heterocycles. The molecule has 0 aromatic carbocycles. The smallest absolute Gasteiger partial charge is 0.161 e. The van der Waals surface area contributed by atoms with E-state index in [-0.39, 0.29) is 23.0 Å². The van der Waals surface area contributed by atoms with Crippen molar-refractivity contribution in [3.05, 3.63) is 0 Å². The lowest BCUT2D eigenvalue weighted by Gasteiger charge is -2.07. The predicted molar refractivity (Wildman–Crippen MR) is 64.9 cm³/mol. The molecule has 5 heteroatoms. The van der Waals surface area contributed by atoms with Crippen LogP contribution in [-0.4, -0.2) is 53.0 Å². The third-order valence-corrected chi connectivity index (χ3v) is 2.95. The Morgan fingerprint density at radius 1 is 1.13 bits per heavy atom.